The van der Waals surface area contributed by atoms with Crippen LogP contribution in [0.1, 0.15) is 21.5 Å². The number of carbonyl (C=O) groups is 1. The number of hydrogen-bond acceptors (Lipinski definition) is 3. The first kappa shape index (κ1) is 10.5. The van der Waals surface area contributed by atoms with E-state index in [9.17, 15) is 4.79 Å². The highest BCUT2D eigenvalue weighted by Gasteiger charge is 2.07. The molecule has 0 spiro atoms. The normalized spacial score (nSPS) is 10.1. The first-order valence-electron chi connectivity index (χ1n) is 5.09. The SMILES string of the molecule is Cc1cncc(C(=O)Cc2ccncc2)c1. The van der Waals surface area contributed by atoms with E-state index >= 15 is 0 Å². The van der Waals surface area contributed by atoms with Gasteiger partial charge in [0.25, 0.3) is 0 Å². The number of nitrogens with zero attached hydrogens (tertiary/aromatic N) is 2. The van der Waals surface area contributed by atoms with Crippen molar-refractivity contribution in [2.45, 2.75) is 13.3 Å². The molecule has 2 aromatic heterocycles. The van der Waals surface area contributed by atoms with Crippen molar-refractivity contribution in [1.82, 2.24) is 9.97 Å². The highest BCUT2D eigenvalue weighted by Crippen LogP contribution is 2.07. The maximum atomic E-state index is 11.9. The number of carbonyl (C=O) groups excluding carboxylic acids is 1. The topological polar surface area (TPSA) is 42.9 Å². The van der Waals surface area contributed by atoms with Gasteiger partial charge in [0.1, 0.15) is 0 Å². The van der Waals surface area contributed by atoms with Gasteiger partial charge < -0.3 is 0 Å². The molecule has 0 aliphatic heterocycles. The van der Waals surface area contributed by atoms with Crippen LogP contribution in [0.5, 0.6) is 0 Å². The minimum absolute atomic E-state index is 0.0856. The van der Waals surface area contributed by atoms with Crippen molar-refractivity contribution in [2.24, 2.45) is 0 Å². The van der Waals surface area contributed by atoms with E-state index in [-0.39, 0.29) is 5.78 Å². The van der Waals surface area contributed by atoms with E-state index < -0.39 is 0 Å². The number of rotatable bonds is 3. The minimum atomic E-state index is 0.0856. The molecule has 3 heteroatoms. The molecule has 3 nitrogen and oxygen atoms in total. The molecule has 0 saturated heterocycles. The molecule has 0 aliphatic rings. The second-order valence-corrected chi connectivity index (χ2v) is 3.71. The molecule has 0 atom stereocenters. The first-order chi connectivity index (χ1) is 7.75. The van der Waals surface area contributed by atoms with E-state index in [1.807, 2.05) is 25.1 Å². The second kappa shape index (κ2) is 4.66. The first-order valence-corrected chi connectivity index (χ1v) is 5.09. The van der Waals surface area contributed by atoms with E-state index in [1.54, 1.807) is 24.8 Å². The molecular formula is C13H12N2O. The van der Waals surface area contributed by atoms with Gasteiger partial charge in [0.15, 0.2) is 5.78 Å². The lowest BCUT2D eigenvalue weighted by atomic mass is 10.0. The lowest BCUT2D eigenvalue weighted by Crippen LogP contribution is -2.04. The third kappa shape index (κ3) is 2.51. The molecule has 2 aromatic rings. The zero-order valence-corrected chi connectivity index (χ0v) is 9.05. The zero-order chi connectivity index (χ0) is 11.4. The van der Waals surface area contributed by atoms with Crippen molar-refractivity contribution in [1.29, 1.82) is 0 Å². The fourth-order valence-corrected chi connectivity index (χ4v) is 1.50. The average Bonchev–Trinajstić information content (AvgIpc) is 2.30. The molecule has 80 valence electrons. The van der Waals surface area contributed by atoms with Crippen molar-refractivity contribution < 1.29 is 4.79 Å². The summed E-state index contributed by atoms with van der Waals surface area (Å²) >= 11 is 0. The summed E-state index contributed by atoms with van der Waals surface area (Å²) in [5.74, 6) is 0.0856. The van der Waals surface area contributed by atoms with Crippen LogP contribution in [-0.2, 0) is 6.42 Å². The second-order valence-electron chi connectivity index (χ2n) is 3.71. The number of aromatic nitrogens is 2. The van der Waals surface area contributed by atoms with Gasteiger partial charge in [0.05, 0.1) is 0 Å². The molecule has 0 radical (unpaired) electrons. The molecular weight excluding hydrogens is 200 g/mol. The van der Waals surface area contributed by atoms with Gasteiger partial charge in [-0.25, -0.2) is 0 Å². The van der Waals surface area contributed by atoms with Crippen LogP contribution in [0.3, 0.4) is 0 Å². The van der Waals surface area contributed by atoms with Gasteiger partial charge in [-0.2, -0.15) is 0 Å². The van der Waals surface area contributed by atoms with Crippen molar-refractivity contribution in [3.63, 3.8) is 0 Å². The summed E-state index contributed by atoms with van der Waals surface area (Å²) in [5, 5.41) is 0. The van der Waals surface area contributed by atoms with E-state index in [0.29, 0.717) is 12.0 Å². The Morgan fingerprint density at radius 1 is 1.19 bits per heavy atom. The lowest BCUT2D eigenvalue weighted by molar-refractivity contribution is 0.0992. The standard InChI is InChI=1S/C13H12N2O/c1-10-6-12(9-15-8-10)13(16)7-11-2-4-14-5-3-11/h2-6,8-9H,7H2,1H3. The van der Waals surface area contributed by atoms with Crippen LogP contribution in [0.2, 0.25) is 0 Å². The molecule has 0 fully saturated rings. The van der Waals surface area contributed by atoms with Crippen LogP contribution in [0.15, 0.2) is 43.0 Å². The van der Waals surface area contributed by atoms with Gasteiger partial charge in [-0.1, -0.05) is 0 Å². The Labute approximate surface area is 94.2 Å². The average molecular weight is 212 g/mol. The van der Waals surface area contributed by atoms with Gasteiger partial charge in [-0.3, -0.25) is 14.8 Å². The number of aryl methyl sites for hydroxylation is 1. The van der Waals surface area contributed by atoms with Crippen LogP contribution in [0.25, 0.3) is 0 Å². The maximum Gasteiger partial charge on any atom is 0.168 e. The van der Waals surface area contributed by atoms with Gasteiger partial charge >= 0.3 is 0 Å². The molecule has 0 aromatic carbocycles. The minimum Gasteiger partial charge on any atom is -0.294 e. The molecule has 2 rings (SSSR count). The van der Waals surface area contributed by atoms with Gasteiger partial charge in [0.2, 0.25) is 0 Å². The van der Waals surface area contributed by atoms with Gasteiger partial charge in [0, 0.05) is 36.8 Å². The Morgan fingerprint density at radius 2 is 1.94 bits per heavy atom. The summed E-state index contributed by atoms with van der Waals surface area (Å²) in [7, 11) is 0. The summed E-state index contributed by atoms with van der Waals surface area (Å²) < 4.78 is 0. The van der Waals surface area contributed by atoms with Gasteiger partial charge in [-0.05, 0) is 36.2 Å². The third-order valence-corrected chi connectivity index (χ3v) is 2.31. The summed E-state index contributed by atoms with van der Waals surface area (Å²) in [6.07, 6.45) is 7.13. The van der Waals surface area contributed by atoms with Crippen LogP contribution in [0.4, 0.5) is 0 Å². The van der Waals surface area contributed by atoms with E-state index in [2.05, 4.69) is 9.97 Å². The Balaban J connectivity index is 2.15. The highest BCUT2D eigenvalue weighted by atomic mass is 16.1. The van der Waals surface area contributed by atoms with E-state index in [4.69, 9.17) is 0 Å². The largest absolute Gasteiger partial charge is 0.294 e. The maximum absolute atomic E-state index is 11.9. The quantitative estimate of drug-likeness (QED) is 0.732. The molecule has 0 amide bonds. The predicted octanol–water partition coefficient (Wildman–Crippen LogP) is 2.21. The Hall–Kier alpha value is -2.03. The highest BCUT2D eigenvalue weighted by molar-refractivity contribution is 5.97. The molecule has 0 bridgehead atoms. The molecule has 0 aliphatic carbocycles. The zero-order valence-electron chi connectivity index (χ0n) is 9.05. The Morgan fingerprint density at radius 3 is 2.62 bits per heavy atom. The fraction of sp³-hybridized carbons (Fsp3) is 0.154. The fourth-order valence-electron chi connectivity index (χ4n) is 1.50. The van der Waals surface area contributed by atoms with E-state index in [1.165, 1.54) is 0 Å². The number of pyridine rings is 2. The summed E-state index contributed by atoms with van der Waals surface area (Å²) in [6.45, 7) is 1.93. The molecule has 0 unspecified atom stereocenters. The van der Waals surface area contributed by atoms with Crippen molar-refractivity contribution in [2.75, 3.05) is 0 Å². The van der Waals surface area contributed by atoms with E-state index in [0.717, 1.165) is 11.1 Å². The smallest absolute Gasteiger partial charge is 0.168 e. The van der Waals surface area contributed by atoms with Crippen LogP contribution < -0.4 is 0 Å². The summed E-state index contributed by atoms with van der Waals surface area (Å²) in [6, 6.07) is 5.55. The molecule has 0 N–H and O–H groups in total. The Bertz CT molecular complexity index is 494. The Kier molecular flexibility index (Phi) is 3.05. The van der Waals surface area contributed by atoms with Crippen molar-refractivity contribution >= 4 is 5.78 Å². The van der Waals surface area contributed by atoms with Gasteiger partial charge in [-0.15, -0.1) is 0 Å². The lowest BCUT2D eigenvalue weighted by Gasteiger charge is -2.01. The summed E-state index contributed by atoms with van der Waals surface area (Å²) in [5.41, 5.74) is 2.64. The van der Waals surface area contributed by atoms with Crippen LogP contribution in [-0.4, -0.2) is 15.8 Å². The number of Topliss-reactive ketones (excluding diaryl/α,β-unsaturated/α-hetero) is 1. The third-order valence-electron chi connectivity index (χ3n) is 2.31. The van der Waals surface area contributed by atoms with Crippen molar-refractivity contribution in [3.05, 3.63) is 59.7 Å². The summed E-state index contributed by atoms with van der Waals surface area (Å²) in [4.78, 5) is 19.8. The molecule has 16 heavy (non-hydrogen) atoms. The van der Waals surface area contributed by atoms with Crippen LogP contribution >= 0.6 is 0 Å². The number of hydrogen-bond donors (Lipinski definition) is 0. The monoisotopic (exact) mass is 212 g/mol. The molecule has 2 heterocycles. The number of ketones is 1. The van der Waals surface area contributed by atoms with Crippen molar-refractivity contribution in [3.8, 4) is 0 Å². The van der Waals surface area contributed by atoms with Crippen LogP contribution in [0, 0.1) is 6.92 Å². The predicted molar refractivity (Wildman–Crippen MR) is 61.2 cm³/mol. The molecule has 0 saturated carbocycles.